The smallest absolute Gasteiger partial charge is 0.323 e. The number of urea groups is 1. The molecule has 0 saturated carbocycles. The Hall–Kier alpha value is -2.41. The molecule has 2 rings (SSSR count). The van der Waals surface area contributed by atoms with Crippen LogP contribution in [0.25, 0.3) is 0 Å². The molecule has 1 heterocycles. The van der Waals surface area contributed by atoms with Crippen LogP contribution in [-0.2, 0) is 4.74 Å². The number of rotatable bonds is 3. The number of nitro groups is 1. The summed E-state index contributed by atoms with van der Waals surface area (Å²) in [5.74, 6) is 0. The first-order valence-electron chi connectivity index (χ1n) is 6.23. The summed E-state index contributed by atoms with van der Waals surface area (Å²) in [5.41, 5.74) is 1.43. The van der Waals surface area contributed by atoms with Crippen molar-refractivity contribution < 1.29 is 14.5 Å². The first kappa shape index (κ1) is 14.0. The number of nitro benzene ring substituents is 1. The van der Waals surface area contributed by atoms with Crippen molar-refractivity contribution >= 4 is 17.4 Å². The normalized spacial score (nSPS) is 14.5. The number of anilines is 1. The Morgan fingerprint density at radius 3 is 2.80 bits per heavy atom. The number of carbonyl (C=O) groups is 1. The summed E-state index contributed by atoms with van der Waals surface area (Å²) in [4.78, 5) is 21.8. The Balaban J connectivity index is 1.91. The summed E-state index contributed by atoms with van der Waals surface area (Å²) in [7, 11) is 0. The zero-order chi connectivity index (χ0) is 14.4. The lowest BCUT2D eigenvalue weighted by Gasteiger charge is -2.14. The Morgan fingerprint density at radius 2 is 2.10 bits per heavy atom. The van der Waals surface area contributed by atoms with E-state index in [0.717, 1.165) is 18.4 Å². The van der Waals surface area contributed by atoms with Crippen LogP contribution in [-0.4, -0.2) is 24.2 Å². The summed E-state index contributed by atoms with van der Waals surface area (Å²) in [6, 6.07) is 5.36. The van der Waals surface area contributed by atoms with Gasteiger partial charge in [-0.25, -0.2) is 4.79 Å². The Bertz CT molecular complexity index is 534. The van der Waals surface area contributed by atoms with Crippen LogP contribution in [0.3, 0.4) is 0 Å². The predicted molar refractivity (Wildman–Crippen MR) is 73.4 cm³/mol. The van der Waals surface area contributed by atoms with E-state index in [2.05, 4.69) is 10.6 Å². The van der Waals surface area contributed by atoms with E-state index in [1.165, 1.54) is 18.2 Å². The predicted octanol–water partition coefficient (Wildman–Crippen LogP) is 2.41. The standard InChI is InChI=1S/C13H15N3O4/c17-13(14-9-10-4-6-20-7-5-10)15-11-2-1-3-12(8-11)16(18)19/h1-3,8-9H,4-7H2,(H2,14,15,17). The molecule has 1 aliphatic heterocycles. The Kier molecular flexibility index (Phi) is 4.67. The maximum Gasteiger partial charge on any atom is 0.323 e. The van der Waals surface area contributed by atoms with Crippen molar-refractivity contribution in [2.75, 3.05) is 18.5 Å². The fraction of sp³-hybridized carbons (Fsp3) is 0.308. The summed E-state index contributed by atoms with van der Waals surface area (Å²) in [6.07, 6.45) is 3.27. The molecule has 0 aliphatic carbocycles. The van der Waals surface area contributed by atoms with Gasteiger partial charge in [0.25, 0.3) is 5.69 Å². The average molecular weight is 277 g/mol. The second kappa shape index (κ2) is 6.67. The maximum absolute atomic E-state index is 11.7. The van der Waals surface area contributed by atoms with Crippen molar-refractivity contribution in [2.45, 2.75) is 12.8 Å². The van der Waals surface area contributed by atoms with E-state index in [1.807, 2.05) is 0 Å². The van der Waals surface area contributed by atoms with Gasteiger partial charge >= 0.3 is 6.03 Å². The van der Waals surface area contributed by atoms with Gasteiger partial charge in [-0.1, -0.05) is 6.07 Å². The number of non-ortho nitro benzene ring substituents is 1. The van der Waals surface area contributed by atoms with Crippen LogP contribution < -0.4 is 10.6 Å². The molecular formula is C13H15N3O4. The van der Waals surface area contributed by atoms with Gasteiger partial charge in [0.15, 0.2) is 0 Å². The molecule has 20 heavy (non-hydrogen) atoms. The highest BCUT2D eigenvalue weighted by Crippen LogP contribution is 2.17. The van der Waals surface area contributed by atoms with Gasteiger partial charge in [0.1, 0.15) is 0 Å². The van der Waals surface area contributed by atoms with E-state index in [9.17, 15) is 14.9 Å². The van der Waals surface area contributed by atoms with E-state index in [4.69, 9.17) is 4.74 Å². The highest BCUT2D eigenvalue weighted by atomic mass is 16.6. The molecule has 0 spiro atoms. The number of carbonyl (C=O) groups excluding carboxylic acids is 1. The minimum absolute atomic E-state index is 0.0643. The minimum atomic E-state index is -0.507. The topological polar surface area (TPSA) is 93.5 Å². The zero-order valence-electron chi connectivity index (χ0n) is 10.8. The van der Waals surface area contributed by atoms with E-state index < -0.39 is 11.0 Å². The monoisotopic (exact) mass is 277 g/mol. The molecule has 0 unspecified atom stereocenters. The number of nitrogens with zero attached hydrogens (tertiary/aromatic N) is 1. The molecule has 1 aromatic carbocycles. The van der Waals surface area contributed by atoms with Gasteiger partial charge in [-0.2, -0.15) is 0 Å². The molecular weight excluding hydrogens is 262 g/mol. The van der Waals surface area contributed by atoms with E-state index in [1.54, 1.807) is 12.3 Å². The van der Waals surface area contributed by atoms with Crippen molar-refractivity contribution in [3.05, 3.63) is 46.2 Å². The van der Waals surface area contributed by atoms with Crippen molar-refractivity contribution in [1.29, 1.82) is 0 Å². The quantitative estimate of drug-likeness (QED) is 0.655. The lowest BCUT2D eigenvalue weighted by Crippen LogP contribution is -2.25. The van der Waals surface area contributed by atoms with Crippen LogP contribution >= 0.6 is 0 Å². The van der Waals surface area contributed by atoms with Gasteiger partial charge < -0.3 is 15.4 Å². The second-order valence-electron chi connectivity index (χ2n) is 4.32. The molecule has 7 nitrogen and oxygen atoms in total. The van der Waals surface area contributed by atoms with Crippen molar-refractivity contribution in [2.24, 2.45) is 0 Å². The maximum atomic E-state index is 11.7. The molecule has 1 saturated heterocycles. The number of amides is 2. The number of hydrogen-bond donors (Lipinski definition) is 2. The highest BCUT2D eigenvalue weighted by Gasteiger charge is 2.08. The van der Waals surface area contributed by atoms with Crippen LogP contribution in [0, 0.1) is 10.1 Å². The first-order valence-corrected chi connectivity index (χ1v) is 6.23. The molecule has 1 aliphatic rings. The number of ether oxygens (including phenoxy) is 1. The van der Waals surface area contributed by atoms with E-state index in [-0.39, 0.29) is 5.69 Å². The molecule has 106 valence electrons. The SMILES string of the molecule is O=C(NC=C1CCOCC1)Nc1cccc([N+](=O)[O-])c1. The first-order chi connectivity index (χ1) is 9.65. The van der Waals surface area contributed by atoms with E-state index >= 15 is 0 Å². The van der Waals surface area contributed by atoms with Crippen molar-refractivity contribution in [1.82, 2.24) is 5.32 Å². The Labute approximate surface area is 115 Å². The zero-order valence-corrected chi connectivity index (χ0v) is 10.8. The lowest BCUT2D eigenvalue weighted by atomic mass is 10.1. The summed E-state index contributed by atoms with van der Waals surface area (Å²) < 4.78 is 5.20. The number of hydrogen-bond acceptors (Lipinski definition) is 4. The van der Waals surface area contributed by atoms with Gasteiger partial charge in [0.2, 0.25) is 0 Å². The average Bonchev–Trinajstić information content (AvgIpc) is 2.46. The number of nitrogens with one attached hydrogen (secondary N) is 2. The van der Waals surface area contributed by atoms with Crippen LogP contribution in [0.15, 0.2) is 36.0 Å². The minimum Gasteiger partial charge on any atom is -0.381 e. The van der Waals surface area contributed by atoms with Crippen LogP contribution in [0.1, 0.15) is 12.8 Å². The van der Waals surface area contributed by atoms with Gasteiger partial charge in [0.05, 0.1) is 18.1 Å². The molecule has 2 N–H and O–H groups in total. The molecule has 1 fully saturated rings. The second-order valence-corrected chi connectivity index (χ2v) is 4.32. The third kappa shape index (κ3) is 4.06. The molecule has 1 aromatic rings. The van der Waals surface area contributed by atoms with Crippen LogP contribution in [0.4, 0.5) is 16.2 Å². The van der Waals surface area contributed by atoms with Crippen molar-refractivity contribution in [3.8, 4) is 0 Å². The van der Waals surface area contributed by atoms with Gasteiger partial charge in [-0.05, 0) is 24.5 Å². The molecule has 2 amide bonds. The van der Waals surface area contributed by atoms with Gasteiger partial charge in [-0.15, -0.1) is 0 Å². The fourth-order valence-electron chi connectivity index (χ4n) is 1.81. The van der Waals surface area contributed by atoms with E-state index in [0.29, 0.717) is 18.9 Å². The summed E-state index contributed by atoms with van der Waals surface area (Å²) >= 11 is 0. The van der Waals surface area contributed by atoms with Crippen LogP contribution in [0.2, 0.25) is 0 Å². The molecule has 0 atom stereocenters. The fourth-order valence-corrected chi connectivity index (χ4v) is 1.81. The summed E-state index contributed by atoms with van der Waals surface area (Å²) in [5, 5.41) is 15.8. The number of benzene rings is 1. The molecule has 0 aromatic heterocycles. The van der Waals surface area contributed by atoms with Gasteiger partial charge in [0, 0.05) is 24.0 Å². The highest BCUT2D eigenvalue weighted by molar-refractivity contribution is 5.90. The molecule has 0 bridgehead atoms. The summed E-state index contributed by atoms with van der Waals surface area (Å²) in [6.45, 7) is 1.33. The largest absolute Gasteiger partial charge is 0.381 e. The third-order valence-corrected chi connectivity index (χ3v) is 2.86. The third-order valence-electron chi connectivity index (χ3n) is 2.86. The Morgan fingerprint density at radius 1 is 1.35 bits per heavy atom. The van der Waals surface area contributed by atoms with Gasteiger partial charge in [-0.3, -0.25) is 10.1 Å². The van der Waals surface area contributed by atoms with Crippen molar-refractivity contribution in [3.63, 3.8) is 0 Å². The lowest BCUT2D eigenvalue weighted by molar-refractivity contribution is -0.384. The van der Waals surface area contributed by atoms with Crippen LogP contribution in [0.5, 0.6) is 0 Å². The molecule has 7 heteroatoms. The molecule has 0 radical (unpaired) electrons.